The molecule has 132 valence electrons. The highest BCUT2D eigenvalue weighted by Gasteiger charge is 2.16. The van der Waals surface area contributed by atoms with Gasteiger partial charge in [0.05, 0.1) is 0 Å². The number of hydrogen-bond acceptors (Lipinski definition) is 2. The van der Waals surface area contributed by atoms with Crippen molar-refractivity contribution >= 4 is 17.5 Å². The van der Waals surface area contributed by atoms with Gasteiger partial charge >= 0.3 is 11.8 Å². The van der Waals surface area contributed by atoms with Crippen LogP contribution in [0.5, 0.6) is 0 Å². The van der Waals surface area contributed by atoms with Gasteiger partial charge in [0.15, 0.2) is 0 Å². The molecule has 0 aliphatic rings. The van der Waals surface area contributed by atoms with Gasteiger partial charge in [-0.05, 0) is 34.6 Å². The van der Waals surface area contributed by atoms with Crippen molar-refractivity contribution in [1.82, 2.24) is 5.32 Å². The standard InChI is InChI=1S/C21H26N2O2/c1-15(16-8-6-5-7-9-16)14-22-19(24)20(25)23-18-12-10-17(11-13-18)21(2,3)4/h5-13,15H,14H2,1-4H3,(H,22,24)(H,23,25)/t15-/m1/s1. The molecule has 4 heteroatoms. The lowest BCUT2D eigenvalue weighted by atomic mass is 9.87. The van der Waals surface area contributed by atoms with Crippen molar-refractivity contribution in [1.29, 1.82) is 0 Å². The van der Waals surface area contributed by atoms with Crippen LogP contribution in [0.3, 0.4) is 0 Å². The second-order valence-electron chi connectivity index (χ2n) is 7.30. The lowest BCUT2D eigenvalue weighted by molar-refractivity contribution is -0.136. The second kappa shape index (κ2) is 7.97. The van der Waals surface area contributed by atoms with Crippen LogP contribution in [0.2, 0.25) is 0 Å². The fourth-order valence-corrected chi connectivity index (χ4v) is 2.47. The maximum atomic E-state index is 12.0. The van der Waals surface area contributed by atoms with E-state index in [4.69, 9.17) is 0 Å². The van der Waals surface area contributed by atoms with E-state index in [1.807, 2.05) is 61.5 Å². The van der Waals surface area contributed by atoms with Gasteiger partial charge in [-0.25, -0.2) is 0 Å². The third-order valence-electron chi connectivity index (χ3n) is 4.15. The number of carbonyl (C=O) groups is 2. The van der Waals surface area contributed by atoms with Crippen LogP contribution in [0.15, 0.2) is 54.6 Å². The Morgan fingerprint density at radius 3 is 2.08 bits per heavy atom. The van der Waals surface area contributed by atoms with E-state index in [0.717, 1.165) is 5.56 Å². The normalized spacial score (nSPS) is 12.3. The first-order chi connectivity index (χ1) is 11.8. The Hall–Kier alpha value is -2.62. The second-order valence-corrected chi connectivity index (χ2v) is 7.30. The van der Waals surface area contributed by atoms with Crippen molar-refractivity contribution in [2.75, 3.05) is 11.9 Å². The first kappa shape index (κ1) is 18.7. The summed E-state index contributed by atoms with van der Waals surface area (Å²) in [7, 11) is 0. The van der Waals surface area contributed by atoms with Gasteiger partial charge < -0.3 is 10.6 Å². The molecule has 2 aromatic rings. The first-order valence-corrected chi connectivity index (χ1v) is 8.52. The molecular weight excluding hydrogens is 312 g/mol. The number of hydrogen-bond donors (Lipinski definition) is 2. The minimum absolute atomic E-state index is 0.0491. The summed E-state index contributed by atoms with van der Waals surface area (Å²) in [5, 5.41) is 5.32. The number of carbonyl (C=O) groups excluding carboxylic acids is 2. The van der Waals surface area contributed by atoms with Crippen molar-refractivity contribution < 1.29 is 9.59 Å². The third kappa shape index (κ3) is 5.45. The zero-order valence-electron chi connectivity index (χ0n) is 15.3. The van der Waals surface area contributed by atoms with E-state index in [2.05, 4.69) is 31.4 Å². The molecular formula is C21H26N2O2. The van der Waals surface area contributed by atoms with Crippen LogP contribution in [-0.2, 0) is 15.0 Å². The summed E-state index contributed by atoms with van der Waals surface area (Å²) >= 11 is 0. The molecule has 2 rings (SSSR count). The van der Waals surface area contributed by atoms with Gasteiger partial charge in [0.1, 0.15) is 0 Å². The summed E-state index contributed by atoms with van der Waals surface area (Å²) in [6, 6.07) is 17.4. The quantitative estimate of drug-likeness (QED) is 0.832. The smallest absolute Gasteiger partial charge is 0.313 e. The average molecular weight is 338 g/mol. The fourth-order valence-electron chi connectivity index (χ4n) is 2.47. The molecule has 2 N–H and O–H groups in total. The summed E-state index contributed by atoms with van der Waals surface area (Å²) in [6.45, 7) is 8.81. The highest BCUT2D eigenvalue weighted by molar-refractivity contribution is 6.39. The Bertz CT molecular complexity index is 716. The Balaban J connectivity index is 1.87. The van der Waals surface area contributed by atoms with Gasteiger partial charge in [-0.1, -0.05) is 70.2 Å². The van der Waals surface area contributed by atoms with E-state index in [-0.39, 0.29) is 11.3 Å². The van der Waals surface area contributed by atoms with Crippen molar-refractivity contribution in [2.24, 2.45) is 0 Å². The zero-order valence-corrected chi connectivity index (χ0v) is 15.3. The molecule has 0 radical (unpaired) electrons. The number of anilines is 1. The Labute approximate surface area is 149 Å². The van der Waals surface area contributed by atoms with Crippen molar-refractivity contribution in [3.63, 3.8) is 0 Å². The van der Waals surface area contributed by atoms with Gasteiger partial charge in [-0.2, -0.15) is 0 Å². The summed E-state index contributed by atoms with van der Waals surface area (Å²) in [6.07, 6.45) is 0. The summed E-state index contributed by atoms with van der Waals surface area (Å²) < 4.78 is 0. The number of nitrogens with one attached hydrogen (secondary N) is 2. The van der Waals surface area contributed by atoms with Crippen LogP contribution < -0.4 is 10.6 Å². The fraction of sp³-hybridized carbons (Fsp3) is 0.333. The van der Waals surface area contributed by atoms with E-state index in [9.17, 15) is 9.59 Å². The van der Waals surface area contributed by atoms with E-state index in [1.165, 1.54) is 5.56 Å². The van der Waals surface area contributed by atoms with Gasteiger partial charge in [0.25, 0.3) is 0 Å². The lowest BCUT2D eigenvalue weighted by Crippen LogP contribution is -2.37. The predicted molar refractivity (Wildman–Crippen MR) is 102 cm³/mol. The van der Waals surface area contributed by atoms with Crippen molar-refractivity contribution in [3.05, 3.63) is 65.7 Å². The SMILES string of the molecule is C[C@H](CNC(=O)C(=O)Nc1ccc(C(C)(C)C)cc1)c1ccccc1. The molecule has 25 heavy (non-hydrogen) atoms. The van der Waals surface area contributed by atoms with Crippen LogP contribution in [0.1, 0.15) is 44.7 Å². The maximum absolute atomic E-state index is 12.0. The monoisotopic (exact) mass is 338 g/mol. The molecule has 0 spiro atoms. The number of benzene rings is 2. The van der Waals surface area contributed by atoms with Crippen molar-refractivity contribution in [3.8, 4) is 0 Å². The molecule has 0 aliphatic heterocycles. The third-order valence-corrected chi connectivity index (χ3v) is 4.15. The van der Waals surface area contributed by atoms with Crippen LogP contribution in [0.4, 0.5) is 5.69 Å². The summed E-state index contributed by atoms with van der Waals surface area (Å²) in [5.41, 5.74) is 2.96. The van der Waals surface area contributed by atoms with Gasteiger partial charge in [-0.3, -0.25) is 9.59 Å². The maximum Gasteiger partial charge on any atom is 0.313 e. The molecule has 0 aliphatic carbocycles. The summed E-state index contributed by atoms with van der Waals surface area (Å²) in [5.74, 6) is -1.13. The molecule has 1 atom stereocenters. The number of amides is 2. The molecule has 2 amide bonds. The van der Waals surface area contributed by atoms with Crippen LogP contribution in [0, 0.1) is 0 Å². The highest BCUT2D eigenvalue weighted by Crippen LogP contribution is 2.23. The van der Waals surface area contributed by atoms with E-state index in [0.29, 0.717) is 12.2 Å². The largest absolute Gasteiger partial charge is 0.347 e. The Morgan fingerprint density at radius 2 is 1.52 bits per heavy atom. The van der Waals surface area contributed by atoms with E-state index in [1.54, 1.807) is 0 Å². The predicted octanol–water partition coefficient (Wildman–Crippen LogP) is 3.84. The molecule has 0 heterocycles. The summed E-state index contributed by atoms with van der Waals surface area (Å²) in [4.78, 5) is 24.0. The van der Waals surface area contributed by atoms with Crippen LogP contribution in [-0.4, -0.2) is 18.4 Å². The molecule has 0 bridgehead atoms. The zero-order chi connectivity index (χ0) is 18.4. The first-order valence-electron chi connectivity index (χ1n) is 8.52. The minimum atomic E-state index is -0.649. The topological polar surface area (TPSA) is 58.2 Å². The molecule has 4 nitrogen and oxygen atoms in total. The van der Waals surface area contributed by atoms with Gasteiger partial charge in [0, 0.05) is 12.2 Å². The van der Waals surface area contributed by atoms with Crippen molar-refractivity contribution in [2.45, 2.75) is 39.0 Å². The average Bonchev–Trinajstić information content (AvgIpc) is 2.59. The Kier molecular flexibility index (Phi) is 5.97. The van der Waals surface area contributed by atoms with E-state index < -0.39 is 11.8 Å². The highest BCUT2D eigenvalue weighted by atomic mass is 16.2. The molecule has 2 aromatic carbocycles. The lowest BCUT2D eigenvalue weighted by Gasteiger charge is -2.19. The van der Waals surface area contributed by atoms with Gasteiger partial charge in [-0.15, -0.1) is 0 Å². The molecule has 0 fully saturated rings. The van der Waals surface area contributed by atoms with Gasteiger partial charge in [0.2, 0.25) is 0 Å². The number of rotatable bonds is 4. The van der Waals surface area contributed by atoms with E-state index >= 15 is 0 Å². The molecule has 0 unspecified atom stereocenters. The molecule has 0 saturated heterocycles. The van der Waals surface area contributed by atoms with Crippen LogP contribution >= 0.6 is 0 Å². The molecule has 0 aromatic heterocycles. The molecule has 0 saturated carbocycles. The minimum Gasteiger partial charge on any atom is -0.347 e. The van der Waals surface area contributed by atoms with Crippen LogP contribution in [0.25, 0.3) is 0 Å². The Morgan fingerprint density at radius 1 is 0.920 bits per heavy atom.